The second-order valence-corrected chi connectivity index (χ2v) is 8.46. The Hall–Kier alpha value is -1.41. The van der Waals surface area contributed by atoms with Crippen molar-refractivity contribution in [2.45, 2.75) is 18.9 Å². The molecule has 1 aliphatic rings. The number of halogens is 1. The number of rotatable bonds is 5. The molecule has 0 saturated carbocycles. The van der Waals surface area contributed by atoms with Crippen molar-refractivity contribution in [1.82, 2.24) is 5.32 Å². The Morgan fingerprint density at radius 3 is 2.68 bits per heavy atom. The van der Waals surface area contributed by atoms with Crippen molar-refractivity contribution in [3.8, 4) is 0 Å². The SMILES string of the molecule is O=C(O)C[C@H](NC(=O)[C@H]1CCS(=O)(=O)C1)c1cccc(Br)c1. The fraction of sp³-hybridized carbons (Fsp3) is 0.429. The minimum Gasteiger partial charge on any atom is -0.481 e. The number of carboxylic acids is 1. The number of sulfone groups is 1. The Morgan fingerprint density at radius 2 is 2.14 bits per heavy atom. The van der Waals surface area contributed by atoms with Gasteiger partial charge in [0, 0.05) is 4.47 Å². The zero-order valence-electron chi connectivity index (χ0n) is 11.7. The van der Waals surface area contributed by atoms with Gasteiger partial charge in [0.1, 0.15) is 0 Å². The molecule has 0 bridgehead atoms. The number of hydrogen-bond acceptors (Lipinski definition) is 4. The molecule has 1 aromatic carbocycles. The van der Waals surface area contributed by atoms with Crippen molar-refractivity contribution in [1.29, 1.82) is 0 Å². The third kappa shape index (κ3) is 4.54. The van der Waals surface area contributed by atoms with E-state index < -0.39 is 33.7 Å². The molecule has 22 heavy (non-hydrogen) atoms. The van der Waals surface area contributed by atoms with Crippen LogP contribution in [0.4, 0.5) is 0 Å². The van der Waals surface area contributed by atoms with Gasteiger partial charge in [-0.15, -0.1) is 0 Å². The fourth-order valence-electron chi connectivity index (χ4n) is 2.44. The molecule has 2 N–H and O–H groups in total. The van der Waals surface area contributed by atoms with E-state index in [9.17, 15) is 18.0 Å². The lowest BCUT2D eigenvalue weighted by Gasteiger charge is -2.19. The first-order valence-electron chi connectivity index (χ1n) is 6.75. The molecule has 6 nitrogen and oxygen atoms in total. The number of amides is 1. The molecule has 0 unspecified atom stereocenters. The van der Waals surface area contributed by atoms with E-state index in [4.69, 9.17) is 5.11 Å². The number of carbonyl (C=O) groups is 2. The second-order valence-electron chi connectivity index (χ2n) is 5.31. The molecule has 1 aromatic rings. The van der Waals surface area contributed by atoms with Crippen molar-refractivity contribution in [3.05, 3.63) is 34.3 Å². The van der Waals surface area contributed by atoms with Crippen molar-refractivity contribution >= 4 is 37.6 Å². The summed E-state index contributed by atoms with van der Waals surface area (Å²) in [5.74, 6) is -2.21. The van der Waals surface area contributed by atoms with Gasteiger partial charge in [-0.3, -0.25) is 9.59 Å². The second kappa shape index (κ2) is 6.78. The molecule has 0 spiro atoms. The summed E-state index contributed by atoms with van der Waals surface area (Å²) in [5, 5.41) is 11.7. The molecular formula is C14H16BrNO5S. The van der Waals surface area contributed by atoms with Crippen LogP contribution in [0, 0.1) is 5.92 Å². The fourth-order valence-corrected chi connectivity index (χ4v) is 4.60. The minimum absolute atomic E-state index is 0.00552. The highest BCUT2D eigenvalue weighted by atomic mass is 79.9. The predicted octanol–water partition coefficient (Wildman–Crippen LogP) is 1.52. The van der Waals surface area contributed by atoms with Gasteiger partial charge in [-0.05, 0) is 24.1 Å². The third-order valence-electron chi connectivity index (χ3n) is 3.55. The molecule has 1 fully saturated rings. The lowest BCUT2D eigenvalue weighted by molar-refractivity contribution is -0.137. The van der Waals surface area contributed by atoms with Crippen LogP contribution in [0.3, 0.4) is 0 Å². The Balaban J connectivity index is 2.13. The van der Waals surface area contributed by atoms with Crippen LogP contribution in [0.15, 0.2) is 28.7 Å². The van der Waals surface area contributed by atoms with Crippen molar-refractivity contribution in [2.24, 2.45) is 5.92 Å². The van der Waals surface area contributed by atoms with Crippen LogP contribution in [0.2, 0.25) is 0 Å². The Kier molecular flexibility index (Phi) is 5.23. The normalized spacial score (nSPS) is 21.2. The summed E-state index contributed by atoms with van der Waals surface area (Å²) in [6.07, 6.45) is 0.0219. The van der Waals surface area contributed by atoms with Gasteiger partial charge in [-0.2, -0.15) is 0 Å². The zero-order valence-corrected chi connectivity index (χ0v) is 14.1. The lowest BCUT2D eigenvalue weighted by atomic mass is 10.0. The lowest BCUT2D eigenvalue weighted by Crippen LogP contribution is -2.35. The molecule has 2 atom stereocenters. The van der Waals surface area contributed by atoms with Gasteiger partial charge in [0.15, 0.2) is 9.84 Å². The molecule has 2 rings (SSSR count). The number of hydrogen-bond donors (Lipinski definition) is 2. The molecule has 1 saturated heterocycles. The van der Waals surface area contributed by atoms with Crippen molar-refractivity contribution in [2.75, 3.05) is 11.5 Å². The highest BCUT2D eigenvalue weighted by molar-refractivity contribution is 9.10. The molecule has 0 aromatic heterocycles. The average molecular weight is 390 g/mol. The average Bonchev–Trinajstić information content (AvgIpc) is 2.78. The van der Waals surface area contributed by atoms with Crippen LogP contribution in [-0.2, 0) is 19.4 Å². The maximum atomic E-state index is 12.2. The molecule has 8 heteroatoms. The highest BCUT2D eigenvalue weighted by Crippen LogP contribution is 2.24. The van der Waals surface area contributed by atoms with Crippen LogP contribution in [-0.4, -0.2) is 36.9 Å². The van der Waals surface area contributed by atoms with Gasteiger partial charge in [0.05, 0.1) is 29.9 Å². The maximum absolute atomic E-state index is 12.2. The number of carboxylic acid groups (broad SMARTS) is 1. The van der Waals surface area contributed by atoms with Crippen molar-refractivity contribution < 1.29 is 23.1 Å². The Bertz CT molecular complexity index is 688. The zero-order chi connectivity index (χ0) is 16.3. The van der Waals surface area contributed by atoms with Crippen LogP contribution in [0.25, 0.3) is 0 Å². The van der Waals surface area contributed by atoms with Crippen LogP contribution in [0.1, 0.15) is 24.4 Å². The third-order valence-corrected chi connectivity index (χ3v) is 5.81. The molecular weight excluding hydrogens is 374 g/mol. The van der Waals surface area contributed by atoms with E-state index in [2.05, 4.69) is 21.2 Å². The van der Waals surface area contributed by atoms with Gasteiger partial charge in [-0.25, -0.2) is 8.42 Å². The standard InChI is InChI=1S/C14H16BrNO5S/c15-11-3-1-2-9(6-11)12(7-13(17)18)16-14(19)10-4-5-22(20,21)8-10/h1-3,6,10,12H,4-5,7-8H2,(H,16,19)(H,17,18)/t10-,12-/m0/s1. The van der Waals surface area contributed by atoms with E-state index in [1.165, 1.54) is 0 Å². The summed E-state index contributed by atoms with van der Waals surface area (Å²) in [6, 6.07) is 6.32. The topological polar surface area (TPSA) is 101 Å². The molecule has 0 aliphatic carbocycles. The van der Waals surface area contributed by atoms with E-state index >= 15 is 0 Å². The number of benzene rings is 1. The summed E-state index contributed by atoms with van der Waals surface area (Å²) in [7, 11) is -3.16. The van der Waals surface area contributed by atoms with E-state index in [1.54, 1.807) is 24.3 Å². The summed E-state index contributed by atoms with van der Waals surface area (Å²) in [6.45, 7) is 0. The molecule has 1 heterocycles. The molecule has 1 amide bonds. The summed E-state index contributed by atoms with van der Waals surface area (Å²) >= 11 is 3.30. The first kappa shape index (κ1) is 17.0. The Labute approximate surface area is 137 Å². The molecule has 1 aliphatic heterocycles. The number of aliphatic carboxylic acids is 1. The summed E-state index contributed by atoms with van der Waals surface area (Å²) in [5.41, 5.74) is 0.658. The van der Waals surface area contributed by atoms with Gasteiger partial charge in [-0.1, -0.05) is 28.1 Å². The first-order chi connectivity index (χ1) is 10.3. The Morgan fingerprint density at radius 1 is 1.41 bits per heavy atom. The number of nitrogens with one attached hydrogen (secondary N) is 1. The van der Waals surface area contributed by atoms with Crippen molar-refractivity contribution in [3.63, 3.8) is 0 Å². The van der Waals surface area contributed by atoms with E-state index in [0.717, 1.165) is 4.47 Å². The van der Waals surface area contributed by atoms with Gasteiger partial charge in [0.25, 0.3) is 0 Å². The first-order valence-corrected chi connectivity index (χ1v) is 9.36. The largest absolute Gasteiger partial charge is 0.481 e. The van der Waals surface area contributed by atoms with Crippen LogP contribution < -0.4 is 5.32 Å². The molecule has 0 radical (unpaired) electrons. The quantitative estimate of drug-likeness (QED) is 0.794. The van der Waals surface area contributed by atoms with Crippen LogP contribution in [0.5, 0.6) is 0 Å². The number of carbonyl (C=O) groups excluding carboxylic acids is 1. The van der Waals surface area contributed by atoms with E-state index in [-0.39, 0.29) is 24.3 Å². The maximum Gasteiger partial charge on any atom is 0.305 e. The monoisotopic (exact) mass is 389 g/mol. The highest BCUT2D eigenvalue weighted by Gasteiger charge is 2.34. The van der Waals surface area contributed by atoms with Crippen LogP contribution >= 0.6 is 15.9 Å². The smallest absolute Gasteiger partial charge is 0.305 e. The van der Waals surface area contributed by atoms with E-state index in [0.29, 0.717) is 5.56 Å². The van der Waals surface area contributed by atoms with Gasteiger partial charge in [0.2, 0.25) is 5.91 Å². The van der Waals surface area contributed by atoms with Gasteiger partial charge < -0.3 is 10.4 Å². The summed E-state index contributed by atoms with van der Waals surface area (Å²) in [4.78, 5) is 23.2. The van der Waals surface area contributed by atoms with Gasteiger partial charge >= 0.3 is 5.97 Å². The minimum atomic E-state index is -3.16. The molecule has 120 valence electrons. The summed E-state index contributed by atoms with van der Waals surface area (Å²) < 4.78 is 23.7. The van der Waals surface area contributed by atoms with E-state index in [1.807, 2.05) is 0 Å². The predicted molar refractivity (Wildman–Crippen MR) is 84.0 cm³/mol.